The molecule has 3 N–H and O–H groups in total. The van der Waals surface area contributed by atoms with Crippen LogP contribution in [0.25, 0.3) is 0 Å². The van der Waals surface area contributed by atoms with Crippen molar-refractivity contribution in [2.45, 2.75) is 24.8 Å². The third-order valence-corrected chi connectivity index (χ3v) is 4.00. The maximum Gasteiger partial charge on any atom is 0.324 e. The van der Waals surface area contributed by atoms with Crippen LogP contribution in [0.1, 0.15) is 12.5 Å². The predicted molar refractivity (Wildman–Crippen MR) is 71.2 cm³/mol. The van der Waals surface area contributed by atoms with Crippen molar-refractivity contribution in [1.29, 1.82) is 0 Å². The molecule has 1 atom stereocenters. The molecule has 0 fully saturated rings. The fourth-order valence-electron chi connectivity index (χ4n) is 1.53. The van der Waals surface area contributed by atoms with Gasteiger partial charge in [0.25, 0.3) is 0 Å². The molecule has 0 heterocycles. The van der Waals surface area contributed by atoms with E-state index in [0.717, 1.165) is 0 Å². The Morgan fingerprint density at radius 1 is 1.45 bits per heavy atom. The van der Waals surface area contributed by atoms with Gasteiger partial charge in [-0.3, -0.25) is 4.79 Å². The second-order valence-corrected chi connectivity index (χ2v) is 5.77. The van der Waals surface area contributed by atoms with Crippen LogP contribution in [0.2, 0.25) is 0 Å². The summed E-state index contributed by atoms with van der Waals surface area (Å²) in [6, 6.07) is 2.62. The topological polar surface area (TPSA) is 113 Å². The molecule has 0 bridgehead atoms. The summed E-state index contributed by atoms with van der Waals surface area (Å²) in [6.45, 7) is 3.12. The number of sulfonamides is 1. The van der Waals surface area contributed by atoms with Crippen LogP contribution in [0.15, 0.2) is 23.1 Å². The summed E-state index contributed by atoms with van der Waals surface area (Å²) in [4.78, 5) is 10.7. The molecule has 1 aromatic rings. The summed E-state index contributed by atoms with van der Waals surface area (Å²) in [5.74, 6) is -0.887. The average Bonchev–Trinajstić information content (AvgIpc) is 2.38. The van der Waals surface area contributed by atoms with Crippen molar-refractivity contribution in [1.82, 2.24) is 4.72 Å². The molecule has 8 heteroatoms. The second-order valence-electron chi connectivity index (χ2n) is 4.06. The number of carboxylic acids is 1. The zero-order valence-electron chi connectivity index (χ0n) is 11.2. The van der Waals surface area contributed by atoms with Crippen LogP contribution in [-0.2, 0) is 14.8 Å². The van der Waals surface area contributed by atoms with E-state index in [1.807, 2.05) is 11.6 Å². The summed E-state index contributed by atoms with van der Waals surface area (Å²) in [7, 11) is -4.02. The Hall–Kier alpha value is -1.64. The molecule has 1 aromatic carbocycles. The fourth-order valence-corrected chi connectivity index (χ4v) is 2.79. The van der Waals surface area contributed by atoms with Gasteiger partial charge in [0, 0.05) is 0 Å². The number of aryl methyl sites for hydroxylation is 1. The van der Waals surface area contributed by atoms with Crippen molar-refractivity contribution < 1.29 is 28.2 Å². The van der Waals surface area contributed by atoms with E-state index in [0.29, 0.717) is 17.9 Å². The smallest absolute Gasteiger partial charge is 0.324 e. The maximum absolute atomic E-state index is 12.0. The highest BCUT2D eigenvalue weighted by molar-refractivity contribution is 7.89. The maximum atomic E-state index is 12.0. The van der Waals surface area contributed by atoms with Crippen molar-refractivity contribution in [3.63, 3.8) is 0 Å². The predicted octanol–water partition coefficient (Wildman–Crippen LogP) is 0.118. The normalized spacial score (nSPS) is 12.9. The van der Waals surface area contributed by atoms with Crippen LogP contribution in [0, 0.1) is 6.92 Å². The van der Waals surface area contributed by atoms with E-state index in [9.17, 15) is 13.2 Å². The van der Waals surface area contributed by atoms with Crippen LogP contribution >= 0.6 is 0 Å². The van der Waals surface area contributed by atoms with Crippen LogP contribution in [0.5, 0.6) is 5.75 Å². The number of carboxylic acid groups (broad SMARTS) is 1. The van der Waals surface area contributed by atoms with Gasteiger partial charge in [0.15, 0.2) is 0 Å². The second kappa shape index (κ2) is 6.69. The van der Waals surface area contributed by atoms with Gasteiger partial charge in [-0.2, -0.15) is 4.72 Å². The summed E-state index contributed by atoms with van der Waals surface area (Å²) < 4.78 is 31.2. The number of carbonyl (C=O) groups is 1. The Labute approximate surface area is 117 Å². The standard InChI is InChI=1S/C12H17NO6S/c1-3-19-11-5-4-9(6-8(11)2)20(17,18)13-10(7-14)12(15)16/h4-6,10,13-14H,3,7H2,1-2H3,(H,15,16)/t10-/m1/s1. The quantitative estimate of drug-likeness (QED) is 0.659. The van der Waals surface area contributed by atoms with Crippen LogP contribution in [0.3, 0.4) is 0 Å². The number of nitrogens with one attached hydrogen (secondary N) is 1. The van der Waals surface area contributed by atoms with Crippen molar-refractivity contribution in [2.75, 3.05) is 13.2 Å². The molecule has 112 valence electrons. The molecular formula is C12H17NO6S. The van der Waals surface area contributed by atoms with E-state index in [1.54, 1.807) is 6.92 Å². The molecule has 0 amide bonds. The lowest BCUT2D eigenvalue weighted by molar-refractivity contribution is -0.139. The fraction of sp³-hybridized carbons (Fsp3) is 0.417. The van der Waals surface area contributed by atoms with Crippen molar-refractivity contribution in [2.24, 2.45) is 0 Å². The van der Waals surface area contributed by atoms with Crippen molar-refractivity contribution in [3.8, 4) is 5.75 Å². The van der Waals surface area contributed by atoms with Gasteiger partial charge in [-0.05, 0) is 37.6 Å². The number of hydrogen-bond acceptors (Lipinski definition) is 5. The molecule has 20 heavy (non-hydrogen) atoms. The Morgan fingerprint density at radius 3 is 2.55 bits per heavy atom. The van der Waals surface area contributed by atoms with E-state index in [2.05, 4.69) is 0 Å². The summed E-state index contributed by atoms with van der Waals surface area (Å²) in [5.41, 5.74) is 0.616. The molecule has 0 saturated heterocycles. The van der Waals surface area contributed by atoms with Gasteiger partial charge in [-0.15, -0.1) is 0 Å². The number of aliphatic hydroxyl groups excluding tert-OH is 1. The Kier molecular flexibility index (Phi) is 5.49. The minimum Gasteiger partial charge on any atom is -0.494 e. The molecule has 0 aliphatic rings. The van der Waals surface area contributed by atoms with Gasteiger partial charge in [0.2, 0.25) is 10.0 Å². The third-order valence-electron chi connectivity index (χ3n) is 2.53. The molecule has 0 aliphatic carbocycles. The highest BCUT2D eigenvalue weighted by Gasteiger charge is 2.25. The van der Waals surface area contributed by atoms with E-state index in [-0.39, 0.29) is 4.90 Å². The zero-order chi connectivity index (χ0) is 15.3. The molecule has 0 saturated carbocycles. The Balaban J connectivity index is 3.04. The zero-order valence-corrected chi connectivity index (χ0v) is 12.0. The lowest BCUT2D eigenvalue weighted by Gasteiger charge is -2.13. The van der Waals surface area contributed by atoms with E-state index in [4.69, 9.17) is 14.9 Å². The molecular weight excluding hydrogens is 286 g/mol. The Bertz CT molecular complexity index is 584. The molecule has 7 nitrogen and oxygen atoms in total. The lowest BCUT2D eigenvalue weighted by Crippen LogP contribution is -2.43. The minimum absolute atomic E-state index is 0.0850. The van der Waals surface area contributed by atoms with Gasteiger partial charge in [0.1, 0.15) is 11.8 Å². The van der Waals surface area contributed by atoms with Crippen molar-refractivity contribution >= 4 is 16.0 Å². The molecule has 0 unspecified atom stereocenters. The highest BCUT2D eigenvalue weighted by atomic mass is 32.2. The monoisotopic (exact) mass is 303 g/mol. The number of rotatable bonds is 7. The first kappa shape index (κ1) is 16.4. The van der Waals surface area contributed by atoms with E-state index in [1.165, 1.54) is 18.2 Å². The molecule has 0 radical (unpaired) electrons. The number of hydrogen-bond donors (Lipinski definition) is 3. The van der Waals surface area contributed by atoms with Crippen LogP contribution in [0.4, 0.5) is 0 Å². The molecule has 0 aliphatic heterocycles. The summed E-state index contributed by atoms with van der Waals surface area (Å²) >= 11 is 0. The number of aliphatic carboxylic acids is 1. The minimum atomic E-state index is -4.02. The number of aliphatic hydroxyl groups is 1. The SMILES string of the molecule is CCOc1ccc(S(=O)(=O)N[C@H](CO)C(=O)O)cc1C. The first-order valence-electron chi connectivity index (χ1n) is 5.91. The number of ether oxygens (including phenoxy) is 1. The average molecular weight is 303 g/mol. The summed E-state index contributed by atoms with van der Waals surface area (Å²) in [5, 5.41) is 17.6. The van der Waals surface area contributed by atoms with Gasteiger partial charge >= 0.3 is 5.97 Å². The highest BCUT2D eigenvalue weighted by Crippen LogP contribution is 2.21. The van der Waals surface area contributed by atoms with Gasteiger partial charge < -0.3 is 14.9 Å². The molecule has 1 rings (SSSR count). The van der Waals surface area contributed by atoms with Crippen molar-refractivity contribution in [3.05, 3.63) is 23.8 Å². The van der Waals surface area contributed by atoms with Gasteiger partial charge in [-0.25, -0.2) is 8.42 Å². The molecule has 0 aromatic heterocycles. The lowest BCUT2D eigenvalue weighted by atomic mass is 10.2. The Morgan fingerprint density at radius 2 is 2.10 bits per heavy atom. The van der Waals surface area contributed by atoms with E-state index < -0.39 is 28.6 Å². The summed E-state index contributed by atoms with van der Waals surface area (Å²) in [6.07, 6.45) is 0. The van der Waals surface area contributed by atoms with Gasteiger partial charge in [0.05, 0.1) is 18.1 Å². The first-order valence-corrected chi connectivity index (χ1v) is 7.39. The largest absolute Gasteiger partial charge is 0.494 e. The third kappa shape index (κ3) is 3.92. The number of benzene rings is 1. The van der Waals surface area contributed by atoms with Gasteiger partial charge in [-0.1, -0.05) is 0 Å². The molecule has 0 spiro atoms. The van der Waals surface area contributed by atoms with Crippen LogP contribution in [-0.4, -0.2) is 43.9 Å². The van der Waals surface area contributed by atoms with Crippen LogP contribution < -0.4 is 9.46 Å². The van der Waals surface area contributed by atoms with E-state index >= 15 is 0 Å². The first-order chi connectivity index (χ1) is 9.31.